The van der Waals surface area contributed by atoms with Crippen LogP contribution in [0.5, 0.6) is 5.75 Å². The third kappa shape index (κ3) is 3.36. The second-order valence-corrected chi connectivity index (χ2v) is 4.80. The van der Waals surface area contributed by atoms with E-state index in [0.29, 0.717) is 0 Å². The molecule has 3 nitrogen and oxygen atoms in total. The van der Waals surface area contributed by atoms with Crippen LogP contribution in [0.25, 0.3) is 0 Å². The third-order valence-corrected chi connectivity index (χ3v) is 3.49. The number of aromatic nitrogens is 1. The van der Waals surface area contributed by atoms with Crippen molar-refractivity contribution in [3.8, 4) is 5.75 Å². The maximum Gasteiger partial charge on any atom is 0.122 e. The SMILES string of the molecule is CCNC(Cc1ccccc1OC)c1cccnc1C. The lowest BCUT2D eigenvalue weighted by Crippen LogP contribution is -2.24. The zero-order valence-corrected chi connectivity index (χ0v) is 12.4. The average Bonchev–Trinajstić information content (AvgIpc) is 2.48. The first-order chi connectivity index (χ1) is 9.76. The first-order valence-electron chi connectivity index (χ1n) is 7.03. The smallest absolute Gasteiger partial charge is 0.122 e. The van der Waals surface area contributed by atoms with E-state index in [0.717, 1.165) is 24.4 Å². The molecule has 0 radical (unpaired) electrons. The largest absolute Gasteiger partial charge is 0.496 e. The minimum absolute atomic E-state index is 0.255. The second kappa shape index (κ2) is 7.06. The Morgan fingerprint density at radius 3 is 2.70 bits per heavy atom. The predicted molar refractivity (Wildman–Crippen MR) is 82.1 cm³/mol. The Kier molecular flexibility index (Phi) is 5.13. The summed E-state index contributed by atoms with van der Waals surface area (Å²) in [4.78, 5) is 4.40. The first kappa shape index (κ1) is 14.5. The van der Waals surface area contributed by atoms with Gasteiger partial charge < -0.3 is 10.1 Å². The number of hydrogen-bond donors (Lipinski definition) is 1. The Morgan fingerprint density at radius 2 is 2.00 bits per heavy atom. The molecule has 0 spiro atoms. The number of hydrogen-bond acceptors (Lipinski definition) is 3. The van der Waals surface area contributed by atoms with Gasteiger partial charge in [-0.2, -0.15) is 0 Å². The fourth-order valence-electron chi connectivity index (χ4n) is 2.49. The number of pyridine rings is 1. The molecular weight excluding hydrogens is 248 g/mol. The van der Waals surface area contributed by atoms with Crippen molar-refractivity contribution in [1.29, 1.82) is 0 Å². The van der Waals surface area contributed by atoms with Crippen LogP contribution in [0.15, 0.2) is 42.6 Å². The molecule has 0 bridgehead atoms. The van der Waals surface area contributed by atoms with Gasteiger partial charge in [-0.25, -0.2) is 0 Å². The van der Waals surface area contributed by atoms with Gasteiger partial charge in [0, 0.05) is 17.9 Å². The second-order valence-electron chi connectivity index (χ2n) is 4.80. The standard InChI is InChI=1S/C17H22N2O/c1-4-18-16(15-9-7-11-19-13(15)2)12-14-8-5-6-10-17(14)20-3/h5-11,16,18H,4,12H2,1-3H3. The Morgan fingerprint density at radius 1 is 1.20 bits per heavy atom. The van der Waals surface area contributed by atoms with Crippen molar-refractivity contribution in [2.75, 3.05) is 13.7 Å². The van der Waals surface area contributed by atoms with Crippen LogP contribution in [0.4, 0.5) is 0 Å². The summed E-state index contributed by atoms with van der Waals surface area (Å²) in [5, 5.41) is 3.54. The highest BCUT2D eigenvalue weighted by molar-refractivity contribution is 5.35. The van der Waals surface area contributed by atoms with Gasteiger partial charge in [0.2, 0.25) is 0 Å². The van der Waals surface area contributed by atoms with Crippen LogP contribution >= 0.6 is 0 Å². The van der Waals surface area contributed by atoms with Gasteiger partial charge >= 0.3 is 0 Å². The number of ether oxygens (including phenoxy) is 1. The summed E-state index contributed by atoms with van der Waals surface area (Å²) >= 11 is 0. The van der Waals surface area contributed by atoms with Gasteiger partial charge in [0.05, 0.1) is 7.11 Å². The van der Waals surface area contributed by atoms with Gasteiger partial charge in [0.1, 0.15) is 5.75 Å². The molecule has 1 atom stereocenters. The molecule has 0 saturated carbocycles. The van der Waals surface area contributed by atoms with Crippen LogP contribution in [-0.4, -0.2) is 18.6 Å². The molecule has 0 saturated heterocycles. The Labute approximate surface area is 121 Å². The summed E-state index contributed by atoms with van der Waals surface area (Å²) in [6.45, 7) is 5.11. The molecule has 20 heavy (non-hydrogen) atoms. The maximum absolute atomic E-state index is 5.45. The highest BCUT2D eigenvalue weighted by Gasteiger charge is 2.15. The molecule has 0 aliphatic carbocycles. The predicted octanol–water partition coefficient (Wildman–Crippen LogP) is 3.29. The van der Waals surface area contributed by atoms with Crippen LogP contribution in [-0.2, 0) is 6.42 Å². The number of methoxy groups -OCH3 is 1. The van der Waals surface area contributed by atoms with Crippen molar-refractivity contribution in [3.05, 3.63) is 59.4 Å². The van der Waals surface area contributed by atoms with Gasteiger partial charge in [-0.05, 0) is 43.1 Å². The van der Waals surface area contributed by atoms with Crippen molar-refractivity contribution in [3.63, 3.8) is 0 Å². The van der Waals surface area contributed by atoms with Gasteiger partial charge in [-0.3, -0.25) is 4.98 Å². The van der Waals surface area contributed by atoms with E-state index in [1.54, 1.807) is 7.11 Å². The number of para-hydroxylation sites is 1. The minimum Gasteiger partial charge on any atom is -0.496 e. The fraction of sp³-hybridized carbons (Fsp3) is 0.353. The number of nitrogens with one attached hydrogen (secondary N) is 1. The van der Waals surface area contributed by atoms with E-state index >= 15 is 0 Å². The molecular formula is C17H22N2O. The van der Waals surface area contributed by atoms with E-state index < -0.39 is 0 Å². The van der Waals surface area contributed by atoms with Gasteiger partial charge in [-0.1, -0.05) is 31.2 Å². The van der Waals surface area contributed by atoms with Crippen molar-refractivity contribution < 1.29 is 4.74 Å². The lowest BCUT2D eigenvalue weighted by Gasteiger charge is -2.21. The molecule has 1 unspecified atom stereocenters. The van der Waals surface area contributed by atoms with Gasteiger partial charge in [0.25, 0.3) is 0 Å². The average molecular weight is 270 g/mol. The summed E-state index contributed by atoms with van der Waals surface area (Å²) in [5.74, 6) is 0.942. The molecule has 2 rings (SSSR count). The van der Waals surface area contributed by atoms with Crippen molar-refractivity contribution in [2.24, 2.45) is 0 Å². The first-order valence-corrected chi connectivity index (χ1v) is 7.03. The monoisotopic (exact) mass is 270 g/mol. The number of aryl methyl sites for hydroxylation is 1. The van der Waals surface area contributed by atoms with E-state index in [9.17, 15) is 0 Å². The molecule has 1 aromatic carbocycles. The molecule has 3 heteroatoms. The normalized spacial score (nSPS) is 12.2. The van der Waals surface area contributed by atoms with Gasteiger partial charge in [-0.15, -0.1) is 0 Å². The highest BCUT2D eigenvalue weighted by atomic mass is 16.5. The van der Waals surface area contributed by atoms with Crippen LogP contribution in [0, 0.1) is 6.92 Å². The number of nitrogens with zero attached hydrogens (tertiary/aromatic N) is 1. The number of benzene rings is 1. The molecule has 1 heterocycles. The summed E-state index contributed by atoms with van der Waals surface area (Å²) in [6.07, 6.45) is 2.73. The maximum atomic E-state index is 5.45. The van der Waals surface area contributed by atoms with Crippen LogP contribution < -0.4 is 10.1 Å². The fourth-order valence-corrected chi connectivity index (χ4v) is 2.49. The van der Waals surface area contributed by atoms with E-state index in [1.165, 1.54) is 11.1 Å². The van der Waals surface area contributed by atoms with Crippen molar-refractivity contribution >= 4 is 0 Å². The molecule has 0 aliphatic heterocycles. The Balaban J connectivity index is 2.28. The van der Waals surface area contributed by atoms with E-state index in [-0.39, 0.29) is 6.04 Å². The lowest BCUT2D eigenvalue weighted by atomic mass is 9.97. The van der Waals surface area contributed by atoms with Crippen LogP contribution in [0.1, 0.15) is 29.8 Å². The molecule has 0 amide bonds. The molecule has 0 fully saturated rings. The summed E-state index contributed by atoms with van der Waals surface area (Å²) in [5.41, 5.74) is 3.54. The molecule has 1 N–H and O–H groups in total. The van der Waals surface area contributed by atoms with E-state index in [4.69, 9.17) is 4.74 Å². The summed E-state index contributed by atoms with van der Waals surface area (Å²) in [6, 6.07) is 12.6. The lowest BCUT2D eigenvalue weighted by molar-refractivity contribution is 0.405. The number of likely N-dealkylation sites (N-methyl/N-ethyl adjacent to an activating group) is 1. The Bertz CT molecular complexity index is 554. The van der Waals surface area contributed by atoms with Crippen molar-refractivity contribution in [2.45, 2.75) is 26.3 Å². The van der Waals surface area contributed by atoms with E-state index in [1.807, 2.05) is 24.4 Å². The molecule has 0 aliphatic rings. The quantitative estimate of drug-likeness (QED) is 0.874. The van der Waals surface area contributed by atoms with Crippen molar-refractivity contribution in [1.82, 2.24) is 10.3 Å². The molecule has 106 valence electrons. The Hall–Kier alpha value is -1.87. The zero-order valence-electron chi connectivity index (χ0n) is 12.4. The highest BCUT2D eigenvalue weighted by Crippen LogP contribution is 2.25. The third-order valence-electron chi connectivity index (χ3n) is 3.49. The van der Waals surface area contributed by atoms with Crippen LogP contribution in [0.2, 0.25) is 0 Å². The van der Waals surface area contributed by atoms with E-state index in [2.05, 4.69) is 42.3 Å². The van der Waals surface area contributed by atoms with Crippen LogP contribution in [0.3, 0.4) is 0 Å². The zero-order chi connectivity index (χ0) is 14.4. The molecule has 1 aromatic heterocycles. The topological polar surface area (TPSA) is 34.1 Å². The van der Waals surface area contributed by atoms with Gasteiger partial charge in [0.15, 0.2) is 0 Å². The molecule has 2 aromatic rings. The number of rotatable bonds is 6. The summed E-state index contributed by atoms with van der Waals surface area (Å²) < 4.78 is 5.45. The summed E-state index contributed by atoms with van der Waals surface area (Å²) in [7, 11) is 1.72. The minimum atomic E-state index is 0.255.